The number of carbonyl (C=O) groups is 1. The Morgan fingerprint density at radius 2 is 2.00 bits per heavy atom. The number of halogens is 1. The smallest absolute Gasteiger partial charge is 0.150 e. The van der Waals surface area contributed by atoms with Crippen LogP contribution in [0.5, 0.6) is 0 Å². The molecule has 0 radical (unpaired) electrons. The highest BCUT2D eigenvalue weighted by Gasteiger charge is 2.08. The van der Waals surface area contributed by atoms with Crippen molar-refractivity contribution in [2.24, 2.45) is 0 Å². The minimum absolute atomic E-state index is 0.307. The predicted molar refractivity (Wildman–Crippen MR) is 62.0 cm³/mol. The topological polar surface area (TPSA) is 17.1 Å². The quantitative estimate of drug-likeness (QED) is 0.404. The Morgan fingerprint density at radius 1 is 1.33 bits per heavy atom. The van der Waals surface area contributed by atoms with E-state index in [-0.39, 0.29) is 5.82 Å². The Bertz CT molecular complexity index is 435. The summed E-state index contributed by atoms with van der Waals surface area (Å²) >= 11 is 0. The maximum atomic E-state index is 13.3. The van der Waals surface area contributed by atoms with E-state index in [2.05, 4.69) is 31.1 Å². The normalized spacial score (nSPS) is 10.4. The van der Waals surface area contributed by atoms with E-state index in [1.54, 1.807) is 0 Å². The van der Waals surface area contributed by atoms with Crippen LogP contribution < -0.4 is 0 Å². The largest absolute Gasteiger partial charge is 0.298 e. The lowest BCUT2D eigenvalue weighted by Crippen LogP contribution is -2.16. The molecule has 1 nitrogen and oxygen atoms in total. The molecule has 0 atom stereocenters. The Morgan fingerprint density at radius 3 is 2.53 bits per heavy atom. The van der Waals surface area contributed by atoms with E-state index in [1.807, 2.05) is 0 Å². The van der Waals surface area contributed by atoms with Gasteiger partial charge in [-0.25, -0.2) is 4.39 Å². The van der Waals surface area contributed by atoms with Crippen molar-refractivity contribution in [2.45, 2.75) is 19.6 Å². The van der Waals surface area contributed by atoms with Crippen molar-refractivity contribution in [1.29, 1.82) is 0 Å². The summed E-state index contributed by atoms with van der Waals surface area (Å²) in [6.07, 6.45) is 0.694. The molecule has 0 unspecified atom stereocenters. The van der Waals surface area contributed by atoms with Gasteiger partial charge in [-0.1, -0.05) is 25.6 Å². The number of rotatable bonds is 1. The molecule has 15 heavy (non-hydrogen) atoms. The lowest BCUT2D eigenvalue weighted by Gasteiger charge is -2.03. The lowest BCUT2D eigenvalue weighted by molar-refractivity contribution is 0.112. The van der Waals surface area contributed by atoms with E-state index < -0.39 is 8.07 Å². The monoisotopic (exact) mass is 220 g/mol. The SMILES string of the molecule is C[Si](C)(C)C#Cc1cc(C=O)ccc1F. The van der Waals surface area contributed by atoms with Gasteiger partial charge in [0.2, 0.25) is 0 Å². The maximum absolute atomic E-state index is 13.3. The lowest BCUT2D eigenvalue weighted by atomic mass is 10.1. The Hall–Kier alpha value is -1.40. The molecule has 0 amide bonds. The highest BCUT2D eigenvalue weighted by molar-refractivity contribution is 6.83. The molecule has 0 aliphatic heterocycles. The summed E-state index contributed by atoms with van der Waals surface area (Å²) < 4.78 is 13.3. The second-order valence-corrected chi connectivity index (χ2v) is 9.11. The Balaban J connectivity index is 3.12. The first-order valence-electron chi connectivity index (χ1n) is 4.70. The van der Waals surface area contributed by atoms with Gasteiger partial charge in [0.25, 0.3) is 0 Å². The predicted octanol–water partition coefficient (Wildman–Crippen LogP) is 2.87. The number of hydrogen-bond donors (Lipinski definition) is 0. The summed E-state index contributed by atoms with van der Waals surface area (Å²) in [6.45, 7) is 6.25. The molecular weight excluding hydrogens is 207 g/mol. The molecule has 0 fully saturated rings. The van der Waals surface area contributed by atoms with Gasteiger partial charge >= 0.3 is 0 Å². The molecule has 0 aliphatic rings. The van der Waals surface area contributed by atoms with E-state index in [0.29, 0.717) is 17.4 Å². The van der Waals surface area contributed by atoms with Gasteiger partial charge < -0.3 is 0 Å². The van der Waals surface area contributed by atoms with Gasteiger partial charge in [-0.05, 0) is 18.2 Å². The summed E-state index contributed by atoms with van der Waals surface area (Å²) in [5.41, 5.74) is 3.83. The second kappa shape index (κ2) is 4.41. The van der Waals surface area contributed by atoms with Crippen LogP contribution in [0.2, 0.25) is 19.6 Å². The van der Waals surface area contributed by atoms with Crippen LogP contribution in [0.25, 0.3) is 0 Å². The van der Waals surface area contributed by atoms with Crippen molar-refractivity contribution in [1.82, 2.24) is 0 Å². The summed E-state index contributed by atoms with van der Waals surface area (Å²) in [5.74, 6) is 2.44. The van der Waals surface area contributed by atoms with Crippen molar-refractivity contribution >= 4 is 14.4 Å². The minimum atomic E-state index is -1.51. The van der Waals surface area contributed by atoms with Crippen molar-refractivity contribution in [3.63, 3.8) is 0 Å². The van der Waals surface area contributed by atoms with E-state index in [0.717, 1.165) is 0 Å². The van der Waals surface area contributed by atoms with E-state index in [1.165, 1.54) is 18.2 Å². The van der Waals surface area contributed by atoms with Gasteiger partial charge in [0.15, 0.2) is 0 Å². The van der Waals surface area contributed by atoms with Crippen LogP contribution in [0.1, 0.15) is 15.9 Å². The zero-order chi connectivity index (χ0) is 11.5. The molecule has 0 N–H and O–H groups in total. The fraction of sp³-hybridized carbons (Fsp3) is 0.250. The van der Waals surface area contributed by atoms with Gasteiger partial charge in [-0.3, -0.25) is 4.79 Å². The fourth-order valence-electron chi connectivity index (χ4n) is 0.967. The van der Waals surface area contributed by atoms with Gasteiger partial charge in [-0.2, -0.15) is 0 Å². The zero-order valence-electron chi connectivity index (χ0n) is 9.10. The highest BCUT2D eigenvalue weighted by Crippen LogP contribution is 2.08. The average Bonchev–Trinajstić information content (AvgIpc) is 2.15. The molecule has 1 rings (SSSR count). The number of aldehydes is 1. The Labute approximate surface area is 90.3 Å². The third-order valence-corrected chi connectivity index (χ3v) is 2.57. The minimum Gasteiger partial charge on any atom is -0.298 e. The number of benzene rings is 1. The highest BCUT2D eigenvalue weighted by atomic mass is 28.3. The van der Waals surface area contributed by atoms with E-state index in [9.17, 15) is 9.18 Å². The molecule has 0 saturated carbocycles. The van der Waals surface area contributed by atoms with Crippen LogP contribution in [-0.2, 0) is 0 Å². The molecule has 0 spiro atoms. The number of carbonyl (C=O) groups excluding carboxylic acids is 1. The molecule has 0 saturated heterocycles. The van der Waals surface area contributed by atoms with Crippen LogP contribution in [0.4, 0.5) is 4.39 Å². The van der Waals surface area contributed by atoms with Gasteiger partial charge in [0.1, 0.15) is 20.2 Å². The third-order valence-electron chi connectivity index (χ3n) is 1.70. The van der Waals surface area contributed by atoms with Crippen molar-refractivity contribution in [2.75, 3.05) is 0 Å². The van der Waals surface area contributed by atoms with Crippen LogP contribution in [0.3, 0.4) is 0 Å². The van der Waals surface area contributed by atoms with Crippen LogP contribution in [0, 0.1) is 17.3 Å². The summed E-state index contributed by atoms with van der Waals surface area (Å²) in [6, 6.07) is 4.20. The molecule has 0 aliphatic carbocycles. The Kier molecular flexibility index (Phi) is 3.43. The van der Waals surface area contributed by atoms with E-state index in [4.69, 9.17) is 0 Å². The van der Waals surface area contributed by atoms with E-state index >= 15 is 0 Å². The summed E-state index contributed by atoms with van der Waals surface area (Å²) in [4.78, 5) is 10.5. The summed E-state index contributed by atoms with van der Waals surface area (Å²) in [5, 5.41) is 0. The number of hydrogen-bond acceptors (Lipinski definition) is 1. The van der Waals surface area contributed by atoms with Crippen LogP contribution in [-0.4, -0.2) is 14.4 Å². The fourth-order valence-corrected chi connectivity index (χ4v) is 1.48. The molecule has 78 valence electrons. The molecule has 1 aromatic rings. The van der Waals surface area contributed by atoms with Gasteiger partial charge in [-0.15, -0.1) is 5.54 Å². The first-order valence-corrected chi connectivity index (χ1v) is 8.20. The zero-order valence-corrected chi connectivity index (χ0v) is 10.1. The molecular formula is C12H13FOSi. The first-order chi connectivity index (χ1) is 6.92. The van der Waals surface area contributed by atoms with Gasteiger partial charge in [0.05, 0.1) is 5.56 Å². The maximum Gasteiger partial charge on any atom is 0.150 e. The molecule has 1 aromatic carbocycles. The van der Waals surface area contributed by atoms with Crippen LogP contribution in [0.15, 0.2) is 18.2 Å². The second-order valence-electron chi connectivity index (χ2n) is 4.36. The summed E-state index contributed by atoms with van der Waals surface area (Å²) in [7, 11) is -1.51. The molecule has 0 aromatic heterocycles. The molecule has 0 heterocycles. The third kappa shape index (κ3) is 3.68. The first kappa shape index (κ1) is 11.7. The molecule has 0 bridgehead atoms. The van der Waals surface area contributed by atoms with Crippen LogP contribution >= 0.6 is 0 Å². The standard InChI is InChI=1S/C12H13FOSi/c1-15(2,3)7-6-11-8-10(9-14)4-5-12(11)13/h4-5,8-9H,1-3H3. The average molecular weight is 220 g/mol. The van der Waals surface area contributed by atoms with Crippen molar-refractivity contribution in [3.05, 3.63) is 35.1 Å². The van der Waals surface area contributed by atoms with Crippen molar-refractivity contribution in [3.8, 4) is 11.5 Å². The van der Waals surface area contributed by atoms with Crippen molar-refractivity contribution < 1.29 is 9.18 Å². The molecule has 3 heteroatoms. The van der Waals surface area contributed by atoms with Gasteiger partial charge in [0, 0.05) is 5.56 Å².